The van der Waals surface area contributed by atoms with Crippen LogP contribution in [0.4, 0.5) is 0 Å². The summed E-state index contributed by atoms with van der Waals surface area (Å²) in [6, 6.07) is 0.365. The molecule has 0 aliphatic heterocycles. The fourth-order valence-corrected chi connectivity index (χ4v) is 3.13. The third-order valence-corrected chi connectivity index (χ3v) is 4.55. The lowest BCUT2D eigenvalue weighted by Gasteiger charge is -2.24. The molecule has 2 aliphatic rings. The van der Waals surface area contributed by atoms with Crippen LogP contribution in [0.3, 0.4) is 0 Å². The van der Waals surface area contributed by atoms with Gasteiger partial charge in [-0.1, -0.05) is 32.1 Å². The van der Waals surface area contributed by atoms with Crippen molar-refractivity contribution in [2.24, 2.45) is 5.92 Å². The molecule has 0 aromatic heterocycles. The van der Waals surface area contributed by atoms with Crippen LogP contribution in [0.5, 0.6) is 0 Å². The lowest BCUT2D eigenvalue weighted by molar-refractivity contribution is -0.123. The molecule has 0 radical (unpaired) electrons. The summed E-state index contributed by atoms with van der Waals surface area (Å²) < 4.78 is 0. The number of nitrogens with zero attached hydrogens (tertiary/aromatic N) is 1. The van der Waals surface area contributed by atoms with Gasteiger partial charge in [-0.05, 0) is 38.6 Å². The molecule has 2 aliphatic carbocycles. The maximum absolute atomic E-state index is 12.1. The van der Waals surface area contributed by atoms with Gasteiger partial charge in [0.1, 0.15) is 0 Å². The topological polar surface area (TPSA) is 52.6 Å². The van der Waals surface area contributed by atoms with E-state index >= 15 is 0 Å². The van der Waals surface area contributed by atoms with Gasteiger partial charge in [-0.2, -0.15) is 0 Å². The fourth-order valence-electron chi connectivity index (χ4n) is 3.13. The van der Waals surface area contributed by atoms with Gasteiger partial charge in [0, 0.05) is 12.6 Å². The molecule has 0 saturated heterocycles. The zero-order chi connectivity index (χ0) is 14.4. The van der Waals surface area contributed by atoms with Crippen molar-refractivity contribution in [3.8, 4) is 0 Å². The number of aliphatic hydroxyl groups is 1. The van der Waals surface area contributed by atoms with E-state index in [4.69, 9.17) is 0 Å². The number of nitrogens with one attached hydrogen (secondary N) is 1. The molecule has 0 aromatic carbocycles. The Kier molecular flexibility index (Phi) is 6.30. The van der Waals surface area contributed by atoms with Gasteiger partial charge in [0.2, 0.25) is 5.91 Å². The highest BCUT2D eigenvalue weighted by molar-refractivity contribution is 5.78. The summed E-state index contributed by atoms with van der Waals surface area (Å²) >= 11 is 0. The first-order valence-electron chi connectivity index (χ1n) is 8.31. The Morgan fingerprint density at radius 2 is 1.75 bits per heavy atom. The number of aliphatic hydroxyl groups excluding tert-OH is 1. The maximum Gasteiger partial charge on any atom is 0.234 e. The van der Waals surface area contributed by atoms with Crippen LogP contribution in [0.15, 0.2) is 0 Å². The van der Waals surface area contributed by atoms with E-state index in [1.807, 2.05) is 11.9 Å². The van der Waals surface area contributed by atoms with Gasteiger partial charge in [0.15, 0.2) is 0 Å². The van der Waals surface area contributed by atoms with E-state index in [-0.39, 0.29) is 12.0 Å². The molecule has 116 valence electrons. The van der Waals surface area contributed by atoms with Crippen molar-refractivity contribution in [1.82, 2.24) is 10.2 Å². The third kappa shape index (κ3) is 5.80. The first kappa shape index (κ1) is 15.8. The number of amides is 1. The number of rotatable bonds is 6. The second-order valence-corrected chi connectivity index (χ2v) is 6.71. The fraction of sp³-hybridized carbons (Fsp3) is 0.938. The Labute approximate surface area is 122 Å². The normalized spacial score (nSPS) is 23.1. The molecule has 2 N–H and O–H groups in total. The minimum absolute atomic E-state index is 0.112. The number of hydrogen-bond donors (Lipinski definition) is 2. The van der Waals surface area contributed by atoms with Crippen molar-refractivity contribution in [1.29, 1.82) is 0 Å². The molecule has 0 bridgehead atoms. The van der Waals surface area contributed by atoms with Gasteiger partial charge < -0.3 is 10.4 Å². The largest absolute Gasteiger partial charge is 0.392 e. The van der Waals surface area contributed by atoms with Crippen molar-refractivity contribution < 1.29 is 9.90 Å². The molecule has 20 heavy (non-hydrogen) atoms. The van der Waals surface area contributed by atoms with E-state index in [1.54, 1.807) is 0 Å². The Bertz CT molecular complexity index is 297. The van der Waals surface area contributed by atoms with Gasteiger partial charge in [0.05, 0.1) is 12.6 Å². The molecule has 0 heterocycles. The SMILES string of the molecule is CN(CC(=O)NC1CCCCCCC1)C[C@H](O)C1CC1. The molecule has 2 rings (SSSR count). The molecule has 4 heteroatoms. The van der Waals surface area contributed by atoms with E-state index in [0.717, 1.165) is 25.7 Å². The summed E-state index contributed by atoms with van der Waals surface area (Å²) in [4.78, 5) is 14.0. The van der Waals surface area contributed by atoms with Crippen LogP contribution in [-0.2, 0) is 4.79 Å². The summed E-state index contributed by atoms with van der Waals surface area (Å²) in [5.74, 6) is 0.590. The molecule has 1 amide bonds. The zero-order valence-corrected chi connectivity index (χ0v) is 12.8. The van der Waals surface area contributed by atoms with Crippen LogP contribution in [0.25, 0.3) is 0 Å². The highest BCUT2D eigenvalue weighted by atomic mass is 16.3. The van der Waals surface area contributed by atoms with E-state index in [0.29, 0.717) is 25.0 Å². The summed E-state index contributed by atoms with van der Waals surface area (Å²) in [6.45, 7) is 1.02. The second-order valence-electron chi connectivity index (χ2n) is 6.71. The zero-order valence-electron chi connectivity index (χ0n) is 12.8. The molecule has 2 fully saturated rings. The number of carbonyl (C=O) groups is 1. The lowest BCUT2D eigenvalue weighted by Crippen LogP contribution is -2.43. The Morgan fingerprint density at radius 3 is 2.35 bits per heavy atom. The van der Waals surface area contributed by atoms with Crippen molar-refractivity contribution in [3.05, 3.63) is 0 Å². The molecular weight excluding hydrogens is 252 g/mol. The summed E-state index contributed by atoms with van der Waals surface area (Å²) in [7, 11) is 1.92. The summed E-state index contributed by atoms with van der Waals surface area (Å²) in [5, 5.41) is 13.1. The van der Waals surface area contributed by atoms with E-state index in [2.05, 4.69) is 5.32 Å². The van der Waals surface area contributed by atoms with Crippen LogP contribution in [0, 0.1) is 5.92 Å². The molecular formula is C16H30N2O2. The predicted molar refractivity (Wildman–Crippen MR) is 80.5 cm³/mol. The first-order valence-corrected chi connectivity index (χ1v) is 8.31. The monoisotopic (exact) mass is 282 g/mol. The smallest absolute Gasteiger partial charge is 0.234 e. The van der Waals surface area contributed by atoms with Gasteiger partial charge in [-0.15, -0.1) is 0 Å². The molecule has 1 atom stereocenters. The minimum atomic E-state index is -0.255. The summed E-state index contributed by atoms with van der Waals surface area (Å²) in [5.41, 5.74) is 0. The van der Waals surface area contributed by atoms with Gasteiger partial charge in [-0.3, -0.25) is 9.69 Å². The van der Waals surface area contributed by atoms with Gasteiger partial charge in [0.25, 0.3) is 0 Å². The Morgan fingerprint density at radius 1 is 1.15 bits per heavy atom. The van der Waals surface area contributed by atoms with Crippen LogP contribution in [0.1, 0.15) is 57.8 Å². The Balaban J connectivity index is 1.64. The predicted octanol–water partition coefficient (Wildman–Crippen LogP) is 1.92. The van der Waals surface area contributed by atoms with E-state index < -0.39 is 0 Å². The Hall–Kier alpha value is -0.610. The van der Waals surface area contributed by atoms with Gasteiger partial charge in [-0.25, -0.2) is 0 Å². The van der Waals surface area contributed by atoms with Crippen LogP contribution in [0.2, 0.25) is 0 Å². The average molecular weight is 282 g/mol. The highest BCUT2D eigenvalue weighted by Gasteiger charge is 2.30. The lowest BCUT2D eigenvalue weighted by atomic mass is 9.97. The van der Waals surface area contributed by atoms with Crippen molar-refractivity contribution in [3.63, 3.8) is 0 Å². The number of carbonyl (C=O) groups excluding carboxylic acids is 1. The average Bonchev–Trinajstić information content (AvgIpc) is 3.16. The van der Waals surface area contributed by atoms with Crippen LogP contribution in [-0.4, -0.2) is 48.2 Å². The highest BCUT2D eigenvalue weighted by Crippen LogP contribution is 2.32. The molecule has 2 saturated carbocycles. The molecule has 0 spiro atoms. The van der Waals surface area contributed by atoms with Crippen molar-refractivity contribution in [2.45, 2.75) is 69.9 Å². The minimum Gasteiger partial charge on any atom is -0.392 e. The second kappa shape index (κ2) is 7.99. The first-order chi connectivity index (χ1) is 9.65. The quantitative estimate of drug-likeness (QED) is 0.782. The molecule has 0 aromatic rings. The maximum atomic E-state index is 12.1. The standard InChI is InChI=1S/C16H30N2O2/c1-18(11-15(19)13-9-10-13)12-16(20)17-14-7-5-3-2-4-6-8-14/h13-15,19H,2-12H2,1H3,(H,17,20)/t15-/m0/s1. The number of likely N-dealkylation sites (N-methyl/N-ethyl adjacent to an activating group) is 1. The molecule has 0 unspecified atom stereocenters. The third-order valence-electron chi connectivity index (χ3n) is 4.55. The van der Waals surface area contributed by atoms with E-state index in [1.165, 1.54) is 32.1 Å². The molecule has 4 nitrogen and oxygen atoms in total. The van der Waals surface area contributed by atoms with E-state index in [9.17, 15) is 9.90 Å². The summed E-state index contributed by atoms with van der Waals surface area (Å²) in [6.07, 6.45) is 10.7. The van der Waals surface area contributed by atoms with Crippen molar-refractivity contribution >= 4 is 5.91 Å². The number of hydrogen-bond acceptors (Lipinski definition) is 3. The van der Waals surface area contributed by atoms with Crippen LogP contribution >= 0.6 is 0 Å². The van der Waals surface area contributed by atoms with Crippen LogP contribution < -0.4 is 5.32 Å². The van der Waals surface area contributed by atoms with Gasteiger partial charge >= 0.3 is 0 Å². The van der Waals surface area contributed by atoms with Crippen molar-refractivity contribution in [2.75, 3.05) is 20.1 Å².